The Balaban J connectivity index is 0. The molecule has 0 rings (SSSR count). The van der Waals surface area contributed by atoms with Gasteiger partial charge in [-0.1, -0.05) is 0 Å². The molecule has 0 radical (unpaired) electrons. The van der Waals surface area contributed by atoms with Crippen molar-refractivity contribution in [3.63, 3.8) is 0 Å². The summed E-state index contributed by atoms with van der Waals surface area (Å²) < 4.78 is 28.3. The molecule has 1 atom stereocenters. The third kappa shape index (κ3) is 11.6. The molecule has 1 unspecified atom stereocenters. The molecule has 0 aliphatic heterocycles. The van der Waals surface area contributed by atoms with Crippen molar-refractivity contribution in [2.24, 2.45) is 5.73 Å². The van der Waals surface area contributed by atoms with E-state index in [2.05, 4.69) is 0 Å². The van der Waals surface area contributed by atoms with E-state index in [4.69, 9.17) is 10.3 Å². The number of nitrogens with two attached hydrogens (primary N) is 1. The van der Waals surface area contributed by atoms with Gasteiger partial charge in [0.25, 0.3) is 10.1 Å². The standard InChI is InChI=1S/C4H11NO3S.Na.H/c1-4(5)2-3-9(6,7)8;;/h4H,2-3,5H2,1H3,(H,6,7,8);;. The second-order valence-corrected chi connectivity index (χ2v) is 3.62. The van der Waals surface area contributed by atoms with Gasteiger partial charge in [-0.25, -0.2) is 0 Å². The Kier molecular flexibility index (Phi) is 7.42. The van der Waals surface area contributed by atoms with E-state index in [0.29, 0.717) is 6.42 Å². The van der Waals surface area contributed by atoms with Gasteiger partial charge in [0.1, 0.15) is 0 Å². The van der Waals surface area contributed by atoms with Gasteiger partial charge in [0.05, 0.1) is 5.75 Å². The molecule has 4 nitrogen and oxygen atoms in total. The van der Waals surface area contributed by atoms with E-state index in [0.717, 1.165) is 0 Å². The van der Waals surface area contributed by atoms with Crippen LogP contribution in [0.25, 0.3) is 0 Å². The summed E-state index contributed by atoms with van der Waals surface area (Å²) in [6, 6.07) is -0.174. The topological polar surface area (TPSA) is 80.4 Å². The first-order valence-electron chi connectivity index (χ1n) is 2.62. The van der Waals surface area contributed by atoms with E-state index in [-0.39, 0.29) is 41.4 Å². The van der Waals surface area contributed by atoms with Crippen LogP contribution in [-0.4, -0.2) is 54.3 Å². The van der Waals surface area contributed by atoms with Crippen molar-refractivity contribution >= 4 is 39.7 Å². The van der Waals surface area contributed by atoms with Crippen molar-refractivity contribution in [3.8, 4) is 0 Å². The van der Waals surface area contributed by atoms with Crippen molar-refractivity contribution in [1.29, 1.82) is 0 Å². The van der Waals surface area contributed by atoms with E-state index in [9.17, 15) is 8.42 Å². The Morgan fingerprint density at radius 1 is 1.60 bits per heavy atom. The maximum absolute atomic E-state index is 10.0. The van der Waals surface area contributed by atoms with Gasteiger partial charge >= 0.3 is 29.6 Å². The van der Waals surface area contributed by atoms with Crippen LogP contribution in [0.15, 0.2) is 0 Å². The fourth-order valence-electron chi connectivity index (χ4n) is 0.335. The molecule has 3 N–H and O–H groups in total. The van der Waals surface area contributed by atoms with Crippen LogP contribution < -0.4 is 5.73 Å². The summed E-state index contributed by atoms with van der Waals surface area (Å²) in [7, 11) is -3.80. The van der Waals surface area contributed by atoms with Crippen LogP contribution in [0.4, 0.5) is 0 Å². The van der Waals surface area contributed by atoms with Crippen LogP contribution >= 0.6 is 0 Å². The van der Waals surface area contributed by atoms with Gasteiger partial charge in [0.15, 0.2) is 0 Å². The van der Waals surface area contributed by atoms with Crippen LogP contribution in [0.1, 0.15) is 13.3 Å². The molecular weight excluding hydrogens is 165 g/mol. The monoisotopic (exact) mass is 177 g/mol. The zero-order chi connectivity index (χ0) is 7.49. The number of rotatable bonds is 3. The molecule has 0 spiro atoms. The number of hydrogen-bond donors (Lipinski definition) is 2. The van der Waals surface area contributed by atoms with E-state index in [1.165, 1.54) is 0 Å². The summed E-state index contributed by atoms with van der Waals surface area (Å²) >= 11 is 0. The van der Waals surface area contributed by atoms with E-state index < -0.39 is 10.1 Å². The first kappa shape index (κ1) is 13.5. The second-order valence-electron chi connectivity index (χ2n) is 2.05. The quantitative estimate of drug-likeness (QED) is 0.426. The van der Waals surface area contributed by atoms with Crippen molar-refractivity contribution in [1.82, 2.24) is 0 Å². The normalized spacial score (nSPS) is 13.9. The van der Waals surface area contributed by atoms with Gasteiger partial charge in [0.2, 0.25) is 0 Å². The summed E-state index contributed by atoms with van der Waals surface area (Å²) in [6.07, 6.45) is 0.304. The Morgan fingerprint density at radius 3 is 2.10 bits per heavy atom. The second kappa shape index (κ2) is 5.51. The molecule has 0 bridgehead atoms. The molecule has 0 aromatic heterocycles. The van der Waals surface area contributed by atoms with Crippen molar-refractivity contribution in [3.05, 3.63) is 0 Å². The molecule has 0 aliphatic carbocycles. The average Bonchev–Trinajstić information content (AvgIpc) is 1.59. The van der Waals surface area contributed by atoms with Crippen molar-refractivity contribution in [2.75, 3.05) is 5.75 Å². The van der Waals surface area contributed by atoms with Gasteiger partial charge in [-0.3, -0.25) is 4.55 Å². The van der Waals surface area contributed by atoms with Crippen LogP contribution in [-0.2, 0) is 10.1 Å². The van der Waals surface area contributed by atoms with Crippen molar-refractivity contribution in [2.45, 2.75) is 19.4 Å². The molecule has 0 aliphatic rings. The zero-order valence-corrected chi connectivity index (χ0v) is 6.06. The van der Waals surface area contributed by atoms with Gasteiger partial charge < -0.3 is 5.73 Å². The van der Waals surface area contributed by atoms with Crippen LogP contribution in [0.2, 0.25) is 0 Å². The fourth-order valence-corrected chi connectivity index (χ4v) is 1.00. The molecule has 0 aromatic rings. The molecule has 0 amide bonds. The van der Waals surface area contributed by atoms with Gasteiger partial charge in [-0.2, -0.15) is 8.42 Å². The van der Waals surface area contributed by atoms with E-state index in [1.54, 1.807) is 6.92 Å². The third-order valence-corrected chi connectivity index (χ3v) is 1.58. The summed E-state index contributed by atoms with van der Waals surface area (Å²) in [5, 5.41) is 0. The molecule has 0 heterocycles. The average molecular weight is 177 g/mol. The summed E-state index contributed by atoms with van der Waals surface area (Å²) in [6.45, 7) is 1.69. The van der Waals surface area contributed by atoms with Gasteiger partial charge in [-0.05, 0) is 13.3 Å². The molecule has 0 saturated heterocycles. The van der Waals surface area contributed by atoms with Gasteiger partial charge in [-0.15, -0.1) is 0 Å². The first-order valence-corrected chi connectivity index (χ1v) is 4.23. The summed E-state index contributed by atoms with van der Waals surface area (Å²) in [5.74, 6) is -0.245. The SMILES string of the molecule is CC(N)CCS(=O)(=O)O.[NaH]. The van der Waals surface area contributed by atoms with E-state index in [1.807, 2.05) is 0 Å². The predicted octanol–water partition coefficient (Wildman–Crippen LogP) is -1.04. The molecule has 10 heavy (non-hydrogen) atoms. The minimum atomic E-state index is -3.80. The molecule has 58 valence electrons. The molecule has 6 heteroatoms. The fraction of sp³-hybridized carbons (Fsp3) is 1.00. The van der Waals surface area contributed by atoms with Crippen LogP contribution in [0.5, 0.6) is 0 Å². The Morgan fingerprint density at radius 2 is 2.00 bits per heavy atom. The Labute approximate surface area is 83.2 Å². The van der Waals surface area contributed by atoms with Crippen LogP contribution in [0.3, 0.4) is 0 Å². The number of hydrogen-bond acceptors (Lipinski definition) is 3. The zero-order valence-electron chi connectivity index (χ0n) is 5.24. The molecule has 0 saturated carbocycles. The summed E-state index contributed by atoms with van der Waals surface area (Å²) in [5.41, 5.74) is 5.22. The molecule has 0 aromatic carbocycles. The van der Waals surface area contributed by atoms with E-state index >= 15 is 0 Å². The van der Waals surface area contributed by atoms with Gasteiger partial charge in [0, 0.05) is 6.04 Å². The molecule has 0 fully saturated rings. The predicted molar refractivity (Wildman–Crippen MR) is 41.8 cm³/mol. The minimum absolute atomic E-state index is 0. The Hall–Kier alpha value is 0.870. The molecular formula is C4H12NNaO3S. The Bertz CT molecular complexity index is 165. The third-order valence-electron chi connectivity index (χ3n) is 0.831. The van der Waals surface area contributed by atoms with Crippen molar-refractivity contribution < 1.29 is 13.0 Å². The van der Waals surface area contributed by atoms with Crippen LogP contribution in [0, 0.1) is 0 Å². The first-order chi connectivity index (χ1) is 3.92. The summed E-state index contributed by atoms with van der Waals surface area (Å²) in [4.78, 5) is 0. The maximum atomic E-state index is 10.0.